The molecular formula is C10H10F5NO. The molecule has 0 aliphatic rings. The summed E-state index contributed by atoms with van der Waals surface area (Å²) in [5.41, 5.74) is 4.28. The fraction of sp³-hybridized carbons (Fsp3) is 0.400. The normalized spacial score (nSPS) is 12.9. The van der Waals surface area contributed by atoms with Crippen molar-refractivity contribution in [2.24, 2.45) is 5.73 Å². The van der Waals surface area contributed by atoms with Gasteiger partial charge in [-0.2, -0.15) is 0 Å². The zero-order valence-corrected chi connectivity index (χ0v) is 8.61. The van der Waals surface area contributed by atoms with Crippen LogP contribution in [0.3, 0.4) is 0 Å². The molecule has 96 valence electrons. The first-order valence-electron chi connectivity index (χ1n) is 4.79. The Bertz CT molecular complexity index is 395. The van der Waals surface area contributed by atoms with Crippen molar-refractivity contribution < 1.29 is 27.1 Å². The molecule has 1 rings (SSSR count). The van der Waals surface area contributed by atoms with Gasteiger partial charge in [-0.1, -0.05) is 0 Å². The molecule has 0 bridgehead atoms. The minimum absolute atomic E-state index is 0.0884. The molecule has 7 heteroatoms. The third-order valence-electron chi connectivity index (χ3n) is 2.29. The molecule has 17 heavy (non-hydrogen) atoms. The van der Waals surface area contributed by atoms with Crippen LogP contribution < -0.4 is 5.73 Å². The number of nitrogens with two attached hydrogens (primary N) is 1. The number of hydrogen-bond donors (Lipinski definition) is 2. The molecule has 0 radical (unpaired) electrons. The average Bonchev–Trinajstić information content (AvgIpc) is 2.31. The van der Waals surface area contributed by atoms with Gasteiger partial charge >= 0.3 is 0 Å². The number of halogens is 5. The molecule has 0 unspecified atom stereocenters. The number of rotatable bonds is 4. The molecular weight excluding hydrogens is 245 g/mol. The first-order valence-corrected chi connectivity index (χ1v) is 4.79. The lowest BCUT2D eigenvalue weighted by Crippen LogP contribution is -2.18. The van der Waals surface area contributed by atoms with Gasteiger partial charge in [-0.25, -0.2) is 22.0 Å². The second-order valence-electron chi connectivity index (χ2n) is 3.46. The van der Waals surface area contributed by atoms with Crippen LogP contribution in [0.4, 0.5) is 22.0 Å². The van der Waals surface area contributed by atoms with Crippen LogP contribution >= 0.6 is 0 Å². The first-order chi connectivity index (χ1) is 7.91. The van der Waals surface area contributed by atoms with E-state index in [1.807, 2.05) is 0 Å². The lowest BCUT2D eigenvalue weighted by Gasteiger charge is -2.14. The Kier molecular flexibility index (Phi) is 4.41. The van der Waals surface area contributed by atoms with Crippen molar-refractivity contribution in [3.63, 3.8) is 0 Å². The van der Waals surface area contributed by atoms with Gasteiger partial charge in [0.15, 0.2) is 23.3 Å². The maximum Gasteiger partial charge on any atom is 0.200 e. The lowest BCUT2D eigenvalue weighted by atomic mass is 10.0. The van der Waals surface area contributed by atoms with Gasteiger partial charge in [0.25, 0.3) is 0 Å². The number of aliphatic hydroxyl groups excluding tert-OH is 1. The largest absolute Gasteiger partial charge is 0.396 e. The fourth-order valence-electron chi connectivity index (χ4n) is 1.40. The Balaban J connectivity index is 3.24. The van der Waals surface area contributed by atoms with E-state index in [-0.39, 0.29) is 19.4 Å². The van der Waals surface area contributed by atoms with Crippen LogP contribution in [-0.2, 0) is 0 Å². The van der Waals surface area contributed by atoms with Crippen LogP contribution in [0, 0.1) is 29.1 Å². The van der Waals surface area contributed by atoms with Crippen LogP contribution in [0.25, 0.3) is 0 Å². The van der Waals surface area contributed by atoms with Crippen molar-refractivity contribution in [2.45, 2.75) is 18.9 Å². The molecule has 0 aromatic heterocycles. The van der Waals surface area contributed by atoms with E-state index in [0.717, 1.165) is 0 Å². The van der Waals surface area contributed by atoms with Crippen LogP contribution in [0.5, 0.6) is 0 Å². The number of hydrogen-bond acceptors (Lipinski definition) is 2. The summed E-state index contributed by atoms with van der Waals surface area (Å²) >= 11 is 0. The van der Waals surface area contributed by atoms with E-state index < -0.39 is 40.7 Å². The summed E-state index contributed by atoms with van der Waals surface area (Å²) in [5.74, 6) is -10.1. The predicted molar refractivity (Wildman–Crippen MR) is 49.5 cm³/mol. The van der Waals surface area contributed by atoms with Crippen molar-refractivity contribution in [1.82, 2.24) is 0 Å². The van der Waals surface area contributed by atoms with E-state index in [1.54, 1.807) is 0 Å². The molecule has 1 aromatic carbocycles. The second-order valence-corrected chi connectivity index (χ2v) is 3.46. The summed E-state index contributed by atoms with van der Waals surface area (Å²) in [6.45, 7) is -0.289. The highest BCUT2D eigenvalue weighted by Crippen LogP contribution is 2.28. The van der Waals surface area contributed by atoms with Crippen molar-refractivity contribution >= 4 is 0 Å². The van der Waals surface area contributed by atoms with Gasteiger partial charge in [0.05, 0.1) is 0 Å². The highest BCUT2D eigenvalue weighted by molar-refractivity contribution is 5.26. The Labute approximate surface area is 93.9 Å². The van der Waals surface area contributed by atoms with Gasteiger partial charge in [-0.3, -0.25) is 0 Å². The minimum Gasteiger partial charge on any atom is -0.396 e. The lowest BCUT2D eigenvalue weighted by molar-refractivity contribution is 0.277. The first kappa shape index (κ1) is 13.9. The van der Waals surface area contributed by atoms with E-state index in [4.69, 9.17) is 10.8 Å². The maximum absolute atomic E-state index is 13.2. The zero-order valence-electron chi connectivity index (χ0n) is 8.61. The molecule has 0 aliphatic carbocycles. The van der Waals surface area contributed by atoms with Crippen LogP contribution in [0.1, 0.15) is 24.4 Å². The third kappa shape index (κ3) is 2.55. The molecule has 0 spiro atoms. The number of benzene rings is 1. The summed E-state index contributed by atoms with van der Waals surface area (Å²) in [6.07, 6.45) is 0.00944. The van der Waals surface area contributed by atoms with Crippen molar-refractivity contribution in [3.8, 4) is 0 Å². The highest BCUT2D eigenvalue weighted by Gasteiger charge is 2.28. The molecule has 0 aliphatic heterocycles. The Morgan fingerprint density at radius 1 is 0.882 bits per heavy atom. The molecule has 0 amide bonds. The van der Waals surface area contributed by atoms with Crippen molar-refractivity contribution in [2.75, 3.05) is 6.61 Å². The number of aliphatic hydroxyl groups is 1. The monoisotopic (exact) mass is 255 g/mol. The molecule has 0 fully saturated rings. The van der Waals surface area contributed by atoms with E-state index >= 15 is 0 Å². The van der Waals surface area contributed by atoms with Gasteiger partial charge in [0.1, 0.15) is 0 Å². The zero-order chi connectivity index (χ0) is 13.2. The van der Waals surface area contributed by atoms with Crippen LogP contribution in [-0.4, -0.2) is 11.7 Å². The Hall–Kier alpha value is -1.21. The van der Waals surface area contributed by atoms with Gasteiger partial charge in [-0.15, -0.1) is 0 Å². The van der Waals surface area contributed by atoms with Crippen molar-refractivity contribution in [3.05, 3.63) is 34.6 Å². The quantitative estimate of drug-likeness (QED) is 0.492. The van der Waals surface area contributed by atoms with Crippen molar-refractivity contribution in [1.29, 1.82) is 0 Å². The molecule has 0 heterocycles. The minimum atomic E-state index is -2.21. The highest BCUT2D eigenvalue weighted by atomic mass is 19.2. The molecule has 0 saturated carbocycles. The van der Waals surface area contributed by atoms with Crippen LogP contribution in [0.2, 0.25) is 0 Å². The van der Waals surface area contributed by atoms with E-state index in [0.29, 0.717) is 0 Å². The molecule has 1 atom stereocenters. The topological polar surface area (TPSA) is 46.2 Å². The van der Waals surface area contributed by atoms with Gasteiger partial charge in [0.2, 0.25) is 5.82 Å². The smallest absolute Gasteiger partial charge is 0.200 e. The van der Waals surface area contributed by atoms with E-state index in [2.05, 4.69) is 0 Å². The van der Waals surface area contributed by atoms with Crippen LogP contribution in [0.15, 0.2) is 0 Å². The van der Waals surface area contributed by atoms with Gasteiger partial charge in [0, 0.05) is 18.2 Å². The standard InChI is InChI=1S/C10H10F5NO/c11-6-5(4(16)2-1-3-17)7(12)9(14)10(15)8(6)13/h4,17H,1-3,16H2/t4-/m0/s1. The second kappa shape index (κ2) is 5.42. The summed E-state index contributed by atoms with van der Waals surface area (Å²) in [5, 5.41) is 8.50. The summed E-state index contributed by atoms with van der Waals surface area (Å²) < 4.78 is 64.8. The fourth-order valence-corrected chi connectivity index (χ4v) is 1.40. The Morgan fingerprint density at radius 3 is 1.71 bits per heavy atom. The molecule has 0 saturated heterocycles. The van der Waals surface area contributed by atoms with Gasteiger partial charge in [-0.05, 0) is 12.8 Å². The maximum atomic E-state index is 13.2. The summed E-state index contributed by atoms with van der Waals surface area (Å²) in [4.78, 5) is 0. The molecule has 1 aromatic rings. The SMILES string of the molecule is N[C@@H](CCCO)c1c(F)c(F)c(F)c(F)c1F. The predicted octanol–water partition coefficient (Wildman–Crippen LogP) is 2.15. The van der Waals surface area contributed by atoms with E-state index in [9.17, 15) is 22.0 Å². The third-order valence-corrected chi connectivity index (χ3v) is 2.29. The Morgan fingerprint density at radius 2 is 1.29 bits per heavy atom. The molecule has 3 N–H and O–H groups in total. The average molecular weight is 255 g/mol. The van der Waals surface area contributed by atoms with Gasteiger partial charge < -0.3 is 10.8 Å². The summed E-state index contributed by atoms with van der Waals surface area (Å²) in [7, 11) is 0. The van der Waals surface area contributed by atoms with E-state index in [1.165, 1.54) is 0 Å². The molecule has 2 nitrogen and oxygen atoms in total. The summed E-state index contributed by atoms with van der Waals surface area (Å²) in [6, 6.07) is -1.35.